The maximum Gasteiger partial charge on any atom is 0.333 e. The molecule has 4 atom stereocenters. The normalized spacial score (nSPS) is 25.5. The zero-order valence-corrected chi connectivity index (χ0v) is 19.7. The summed E-state index contributed by atoms with van der Waals surface area (Å²) in [5, 5.41) is 1.80. The van der Waals surface area contributed by atoms with Crippen LogP contribution in [0.3, 0.4) is 0 Å². The molecule has 2 saturated heterocycles. The molecule has 0 aromatic heterocycles. The number of esters is 1. The third kappa shape index (κ3) is 5.25. The molecule has 0 spiro atoms. The fourth-order valence-corrected chi connectivity index (χ4v) is 5.52. The molecule has 31 heavy (non-hydrogen) atoms. The topological polar surface area (TPSA) is 92.8 Å². The van der Waals surface area contributed by atoms with Crippen molar-refractivity contribution in [3.63, 3.8) is 0 Å². The number of alkyl halides is 3. The Morgan fingerprint density at radius 1 is 1.29 bits per heavy atom. The first-order valence-corrected chi connectivity index (χ1v) is 12.0. The van der Waals surface area contributed by atoms with Crippen LogP contribution in [0.15, 0.2) is 36.4 Å². The molecule has 2 heterocycles. The van der Waals surface area contributed by atoms with Crippen LogP contribution in [0, 0.1) is 0 Å². The number of carbonyl (C=O) groups excluding carboxylic acids is 3. The minimum absolute atomic E-state index is 0.00692. The van der Waals surface area contributed by atoms with Crippen LogP contribution in [0.4, 0.5) is 0 Å². The van der Waals surface area contributed by atoms with Crippen molar-refractivity contribution in [2.24, 2.45) is 0 Å². The number of β-lactam (4-membered cyclic amide) rings is 1. The summed E-state index contributed by atoms with van der Waals surface area (Å²) in [6, 6.07) is 5.40. The molecule has 0 saturated carbocycles. The lowest BCUT2D eigenvalue weighted by Gasteiger charge is -2.52. The predicted molar refractivity (Wildman–Crippen MR) is 119 cm³/mol. The van der Waals surface area contributed by atoms with Gasteiger partial charge in [-0.2, -0.15) is 0 Å². The molecular formula is C20H21Cl3N2O5S. The molecule has 2 amide bonds. The van der Waals surface area contributed by atoms with Crippen molar-refractivity contribution >= 4 is 63.4 Å². The number of aryl methyl sites for hydroxylation is 1. The van der Waals surface area contributed by atoms with E-state index in [1.54, 1.807) is 0 Å². The van der Waals surface area contributed by atoms with Crippen LogP contribution in [0.2, 0.25) is 0 Å². The van der Waals surface area contributed by atoms with Gasteiger partial charge in [-0.3, -0.25) is 13.8 Å². The van der Waals surface area contributed by atoms with Gasteiger partial charge in [-0.25, -0.2) is 4.79 Å². The highest BCUT2D eigenvalue weighted by Crippen LogP contribution is 2.35. The minimum Gasteiger partial charge on any atom is -0.459 e. The molecule has 0 bridgehead atoms. The average Bonchev–Trinajstić information content (AvgIpc) is 2.70. The van der Waals surface area contributed by atoms with Gasteiger partial charge in [-0.1, -0.05) is 72.6 Å². The van der Waals surface area contributed by atoms with Gasteiger partial charge in [0.15, 0.2) is 6.04 Å². The van der Waals surface area contributed by atoms with E-state index < -0.39 is 50.5 Å². The predicted octanol–water partition coefficient (Wildman–Crippen LogP) is 2.05. The third-order valence-corrected chi connectivity index (χ3v) is 7.13. The lowest BCUT2D eigenvalue weighted by Crippen LogP contribution is -2.77. The lowest BCUT2D eigenvalue weighted by atomic mass is 9.97. The quantitative estimate of drug-likeness (QED) is 0.275. The highest BCUT2D eigenvalue weighted by atomic mass is 35.6. The van der Waals surface area contributed by atoms with Crippen molar-refractivity contribution in [3.05, 3.63) is 47.5 Å². The summed E-state index contributed by atoms with van der Waals surface area (Å²) in [7, 11) is -1.53. The molecule has 0 aliphatic carbocycles. The molecule has 1 aromatic rings. The van der Waals surface area contributed by atoms with Crippen molar-refractivity contribution in [2.45, 2.75) is 41.0 Å². The molecule has 3 rings (SSSR count). The van der Waals surface area contributed by atoms with E-state index in [9.17, 15) is 18.6 Å². The molecule has 11 heteroatoms. The first-order valence-electron chi connectivity index (χ1n) is 9.50. The Bertz CT molecular complexity index is 949. The second-order valence-corrected chi connectivity index (χ2v) is 11.3. The molecule has 2 aliphatic heterocycles. The molecule has 7 nitrogen and oxygen atoms in total. The number of fused-ring (bicyclic) bond motifs is 1. The van der Waals surface area contributed by atoms with Gasteiger partial charge in [-0.15, -0.1) is 0 Å². The minimum atomic E-state index is -1.81. The van der Waals surface area contributed by atoms with Crippen molar-refractivity contribution in [1.82, 2.24) is 10.2 Å². The average molecular weight is 508 g/mol. The molecule has 1 aromatic carbocycles. The molecule has 2 aliphatic rings. The lowest BCUT2D eigenvalue weighted by molar-refractivity contribution is -0.163. The summed E-state index contributed by atoms with van der Waals surface area (Å²) in [5.74, 6) is -1.73. The van der Waals surface area contributed by atoms with Crippen molar-refractivity contribution in [2.75, 3.05) is 12.4 Å². The maximum absolute atomic E-state index is 12.8. The third-order valence-electron chi connectivity index (χ3n) is 5.11. The molecule has 1 N–H and O–H groups in total. The van der Waals surface area contributed by atoms with Gasteiger partial charge in [0.1, 0.15) is 18.0 Å². The Balaban J connectivity index is 1.70. The van der Waals surface area contributed by atoms with Crippen LogP contribution in [-0.4, -0.2) is 60.5 Å². The number of amides is 2. The van der Waals surface area contributed by atoms with Crippen molar-refractivity contribution < 1.29 is 23.3 Å². The number of nitrogens with zero attached hydrogens (tertiary/aromatic N) is 1. The van der Waals surface area contributed by atoms with Gasteiger partial charge < -0.3 is 15.0 Å². The van der Waals surface area contributed by atoms with Gasteiger partial charge in [0.25, 0.3) is 0 Å². The number of hydrogen-bond acceptors (Lipinski definition) is 5. The molecule has 168 valence electrons. The van der Waals surface area contributed by atoms with E-state index in [-0.39, 0.29) is 23.7 Å². The van der Waals surface area contributed by atoms with E-state index in [1.807, 2.05) is 31.2 Å². The van der Waals surface area contributed by atoms with Crippen LogP contribution in [0.1, 0.15) is 18.1 Å². The van der Waals surface area contributed by atoms with E-state index in [0.717, 1.165) is 22.4 Å². The summed E-state index contributed by atoms with van der Waals surface area (Å²) < 4.78 is 15.8. The van der Waals surface area contributed by atoms with Crippen LogP contribution in [0.25, 0.3) is 0 Å². The zero-order valence-electron chi connectivity index (χ0n) is 16.6. The second-order valence-electron chi connectivity index (χ2n) is 7.29. The van der Waals surface area contributed by atoms with E-state index >= 15 is 0 Å². The number of ether oxygens (including phenoxy) is 1. The van der Waals surface area contributed by atoms with Crippen molar-refractivity contribution in [3.8, 4) is 0 Å². The van der Waals surface area contributed by atoms with Gasteiger partial charge in [-0.05, 0) is 23.1 Å². The summed E-state index contributed by atoms with van der Waals surface area (Å²) in [6.45, 7) is 5.23. The van der Waals surface area contributed by atoms with Crippen LogP contribution in [0.5, 0.6) is 0 Å². The first-order chi connectivity index (χ1) is 14.5. The SMILES string of the molecule is C=C1CS(=O)[C@@H]2C(NC(=O)Cc3ccccc3CC)C(=O)N2C1C(=O)OCC(Cl)(Cl)Cl. The van der Waals surface area contributed by atoms with Gasteiger partial charge in [0.2, 0.25) is 15.6 Å². The van der Waals surface area contributed by atoms with Crippen LogP contribution >= 0.6 is 34.8 Å². The molecule has 0 radical (unpaired) electrons. The summed E-state index contributed by atoms with van der Waals surface area (Å²) in [4.78, 5) is 39.0. The number of nitrogens with one attached hydrogen (secondary N) is 1. The number of halogens is 3. The van der Waals surface area contributed by atoms with E-state index in [2.05, 4.69) is 11.9 Å². The fourth-order valence-electron chi connectivity index (χ4n) is 3.70. The number of hydrogen-bond donors (Lipinski definition) is 1. The number of benzene rings is 1. The fraction of sp³-hybridized carbons (Fsp3) is 0.450. The Labute approximate surface area is 197 Å². The monoisotopic (exact) mass is 506 g/mol. The Morgan fingerprint density at radius 3 is 2.55 bits per heavy atom. The largest absolute Gasteiger partial charge is 0.459 e. The number of rotatable bonds is 6. The van der Waals surface area contributed by atoms with E-state index in [1.165, 1.54) is 0 Å². The maximum atomic E-state index is 12.8. The van der Waals surface area contributed by atoms with Gasteiger partial charge >= 0.3 is 5.97 Å². The molecular weight excluding hydrogens is 487 g/mol. The molecule has 2 fully saturated rings. The zero-order chi connectivity index (χ0) is 22.9. The van der Waals surface area contributed by atoms with Crippen LogP contribution in [-0.2, 0) is 42.8 Å². The second kappa shape index (κ2) is 9.48. The summed E-state index contributed by atoms with van der Waals surface area (Å²) in [5.41, 5.74) is 2.16. The van der Waals surface area contributed by atoms with Gasteiger partial charge in [0.05, 0.1) is 17.2 Å². The first kappa shape index (κ1) is 24.0. The highest BCUT2D eigenvalue weighted by molar-refractivity contribution is 7.86. The Hall–Kier alpha value is -1.61. The smallest absolute Gasteiger partial charge is 0.333 e. The standard InChI is InChI=1S/C20H21Cl3N2O5S/c1-3-12-6-4-5-7-13(12)8-14(26)24-15-17(27)25-16(11(2)9-31(29)18(15)25)19(28)30-10-20(21,22)23/h4-7,15-16,18H,2-3,8-10H2,1H3,(H,24,26)/t15?,16?,18-,31?/m1/s1. The Morgan fingerprint density at radius 2 is 1.94 bits per heavy atom. The van der Waals surface area contributed by atoms with E-state index in [0.29, 0.717) is 0 Å². The summed E-state index contributed by atoms with van der Waals surface area (Å²) >= 11 is 16.8. The van der Waals surface area contributed by atoms with Crippen LogP contribution < -0.4 is 5.32 Å². The van der Waals surface area contributed by atoms with Gasteiger partial charge in [0, 0.05) is 5.75 Å². The van der Waals surface area contributed by atoms with E-state index in [4.69, 9.17) is 39.5 Å². The Kier molecular flexibility index (Phi) is 7.35. The number of carbonyl (C=O) groups is 3. The molecule has 3 unspecified atom stereocenters. The van der Waals surface area contributed by atoms with Crippen molar-refractivity contribution in [1.29, 1.82) is 0 Å². The summed E-state index contributed by atoms with van der Waals surface area (Å²) in [6.07, 6.45) is 0.862. The highest BCUT2D eigenvalue weighted by Gasteiger charge is 2.59.